The smallest absolute Gasteiger partial charge is 0.459 e. The summed E-state index contributed by atoms with van der Waals surface area (Å²) in [7, 11) is -13.3. The topological polar surface area (TPSA) is 116 Å². The van der Waals surface area contributed by atoms with E-state index in [1.807, 2.05) is 0 Å². The Hall–Kier alpha value is -1.60. The van der Waals surface area contributed by atoms with E-state index in [1.165, 1.54) is 6.92 Å². The van der Waals surface area contributed by atoms with Gasteiger partial charge in [0.05, 0.1) is 6.61 Å². The lowest BCUT2D eigenvalue weighted by Gasteiger charge is -2.32. The van der Waals surface area contributed by atoms with Crippen molar-refractivity contribution >= 4 is 26.3 Å². The minimum atomic E-state index is -7.60. The Labute approximate surface area is 187 Å². The highest BCUT2D eigenvalue weighted by Crippen LogP contribution is 2.54. The van der Waals surface area contributed by atoms with Crippen LogP contribution in [0.1, 0.15) is 32.6 Å². The standard InChI is InChI=1S/C15H18F9NO7S2/c1-8(2)11(26)32-10-5-3-9(4-6-10)7-31-34(29,30)25-33(27,28)15(23,24)13(18,19)12(16,17)14(20,21)22/h9-10,25H,1,3-7H2,2H3. The highest BCUT2D eigenvalue weighted by Gasteiger charge is 2.85. The van der Waals surface area contributed by atoms with Gasteiger partial charge in [-0.25, -0.2) is 13.2 Å². The molecule has 0 heterocycles. The van der Waals surface area contributed by atoms with Crippen LogP contribution in [0.15, 0.2) is 12.2 Å². The van der Waals surface area contributed by atoms with Crippen molar-refractivity contribution in [2.45, 2.75) is 62.0 Å². The molecule has 1 rings (SSSR count). The molecule has 200 valence electrons. The summed E-state index contributed by atoms with van der Waals surface area (Å²) in [4.78, 5) is 11.4. The summed E-state index contributed by atoms with van der Waals surface area (Å²) >= 11 is 0. The average molecular weight is 559 g/mol. The Bertz CT molecular complexity index is 986. The van der Waals surface area contributed by atoms with E-state index < -0.39 is 68.2 Å². The molecule has 0 aliphatic heterocycles. The normalized spacial score (nSPS) is 21.2. The first-order valence-corrected chi connectivity index (χ1v) is 11.9. The monoisotopic (exact) mass is 559 g/mol. The van der Waals surface area contributed by atoms with Gasteiger partial charge in [-0.2, -0.15) is 47.9 Å². The number of rotatable bonds is 10. The van der Waals surface area contributed by atoms with Gasteiger partial charge in [0.15, 0.2) is 0 Å². The molecule has 1 aliphatic carbocycles. The maximum Gasteiger partial charge on any atom is 0.460 e. The molecule has 0 aromatic heterocycles. The van der Waals surface area contributed by atoms with Crippen LogP contribution in [0.2, 0.25) is 0 Å². The Morgan fingerprint density at radius 3 is 1.79 bits per heavy atom. The average Bonchev–Trinajstić information content (AvgIpc) is 2.65. The molecule has 0 unspecified atom stereocenters. The molecule has 34 heavy (non-hydrogen) atoms. The molecule has 0 saturated heterocycles. The summed E-state index contributed by atoms with van der Waals surface area (Å²) in [6.07, 6.45) is -7.30. The first-order chi connectivity index (χ1) is 15.0. The second-order valence-corrected chi connectivity index (χ2v) is 10.6. The summed E-state index contributed by atoms with van der Waals surface area (Å²) in [6.45, 7) is 3.85. The van der Waals surface area contributed by atoms with Gasteiger partial charge < -0.3 is 4.74 Å². The van der Waals surface area contributed by atoms with E-state index in [-0.39, 0.29) is 35.4 Å². The van der Waals surface area contributed by atoms with Crippen LogP contribution < -0.4 is 4.13 Å². The van der Waals surface area contributed by atoms with E-state index in [4.69, 9.17) is 4.74 Å². The summed E-state index contributed by atoms with van der Waals surface area (Å²) in [5, 5.41) is -7.24. The maximum absolute atomic E-state index is 13.6. The first kappa shape index (κ1) is 30.4. The lowest BCUT2D eigenvalue weighted by molar-refractivity contribution is -0.382. The third-order valence-corrected chi connectivity index (χ3v) is 7.61. The van der Waals surface area contributed by atoms with Gasteiger partial charge in [0, 0.05) is 5.57 Å². The summed E-state index contributed by atoms with van der Waals surface area (Å²) < 4.78 is 171. The van der Waals surface area contributed by atoms with E-state index in [2.05, 4.69) is 10.8 Å². The molecule has 0 amide bonds. The molecule has 0 aromatic rings. The van der Waals surface area contributed by atoms with Crippen LogP contribution in [0, 0.1) is 5.92 Å². The Balaban J connectivity index is 2.85. The zero-order chi connectivity index (χ0) is 27.0. The van der Waals surface area contributed by atoms with Gasteiger partial charge in [0.2, 0.25) is 0 Å². The molecule has 8 nitrogen and oxygen atoms in total. The predicted molar refractivity (Wildman–Crippen MR) is 94.5 cm³/mol. The van der Waals surface area contributed by atoms with Gasteiger partial charge in [0.25, 0.3) is 10.0 Å². The van der Waals surface area contributed by atoms with Crippen molar-refractivity contribution in [2.75, 3.05) is 6.61 Å². The van der Waals surface area contributed by atoms with E-state index in [9.17, 15) is 61.1 Å². The molecule has 0 spiro atoms. The SMILES string of the molecule is C=C(C)C(=O)OC1CCC(COS(=O)(=O)NS(=O)(=O)C(F)(F)C(F)(F)C(F)(F)C(F)(F)F)CC1. The lowest BCUT2D eigenvalue weighted by Crippen LogP contribution is -2.65. The molecule has 0 bridgehead atoms. The van der Waals surface area contributed by atoms with Crippen molar-refractivity contribution in [3.05, 3.63) is 12.2 Å². The second kappa shape index (κ2) is 9.81. The number of sulfonamides is 1. The molecule has 19 heteroatoms. The number of hydrogen-bond donors (Lipinski definition) is 1. The molecule has 1 aliphatic rings. The zero-order valence-corrected chi connectivity index (χ0v) is 18.6. The largest absolute Gasteiger partial charge is 0.460 e. The fourth-order valence-corrected chi connectivity index (χ4v) is 5.12. The number of ether oxygens (including phenoxy) is 1. The van der Waals surface area contributed by atoms with Crippen molar-refractivity contribution in [3.63, 3.8) is 0 Å². The number of carbonyl (C=O) groups excluding carboxylic acids is 1. The molecule has 1 saturated carbocycles. The number of nitrogens with one attached hydrogen (secondary N) is 1. The summed E-state index contributed by atoms with van der Waals surface area (Å²) in [5.74, 6) is -16.5. The Kier molecular flexibility index (Phi) is 8.78. The molecule has 1 fully saturated rings. The molecule has 0 atom stereocenters. The fourth-order valence-electron chi connectivity index (χ4n) is 2.59. The van der Waals surface area contributed by atoms with Gasteiger partial charge in [-0.3, -0.25) is 4.18 Å². The van der Waals surface area contributed by atoms with Crippen molar-refractivity contribution in [2.24, 2.45) is 5.92 Å². The highest BCUT2D eigenvalue weighted by atomic mass is 32.3. The number of hydrogen-bond acceptors (Lipinski definition) is 7. The third-order valence-electron chi connectivity index (χ3n) is 4.54. The van der Waals surface area contributed by atoms with Crippen molar-refractivity contribution < 1.29 is 70.1 Å². The zero-order valence-electron chi connectivity index (χ0n) is 17.0. The lowest BCUT2D eigenvalue weighted by atomic mass is 9.88. The quantitative estimate of drug-likeness (QED) is 0.248. The summed E-state index contributed by atoms with van der Waals surface area (Å²) in [6, 6.07) is 0. The van der Waals surface area contributed by atoms with E-state index in [0.717, 1.165) is 0 Å². The Morgan fingerprint density at radius 2 is 1.38 bits per heavy atom. The minimum Gasteiger partial charge on any atom is -0.459 e. The van der Waals surface area contributed by atoms with Crippen molar-refractivity contribution in [1.82, 2.24) is 4.13 Å². The number of halogens is 9. The Morgan fingerprint density at radius 1 is 0.912 bits per heavy atom. The molecular weight excluding hydrogens is 541 g/mol. The van der Waals surface area contributed by atoms with Gasteiger partial charge in [-0.05, 0) is 38.5 Å². The van der Waals surface area contributed by atoms with Crippen LogP contribution in [0.25, 0.3) is 0 Å². The van der Waals surface area contributed by atoms with Crippen LogP contribution >= 0.6 is 0 Å². The minimum absolute atomic E-state index is 0.0980. The van der Waals surface area contributed by atoms with E-state index in [1.54, 1.807) is 0 Å². The number of carbonyl (C=O) groups is 1. The van der Waals surface area contributed by atoms with Gasteiger partial charge >= 0.3 is 39.5 Å². The second-order valence-electron chi connectivity index (χ2n) is 7.32. The molecule has 1 N–H and O–H groups in total. The fraction of sp³-hybridized carbons (Fsp3) is 0.800. The summed E-state index contributed by atoms with van der Waals surface area (Å²) in [5.41, 5.74) is 0.110. The highest BCUT2D eigenvalue weighted by molar-refractivity contribution is 8.03. The first-order valence-electron chi connectivity index (χ1n) is 8.97. The van der Waals surface area contributed by atoms with E-state index in [0.29, 0.717) is 0 Å². The van der Waals surface area contributed by atoms with Crippen LogP contribution in [0.4, 0.5) is 39.5 Å². The van der Waals surface area contributed by atoms with Gasteiger partial charge in [-0.15, -0.1) is 0 Å². The van der Waals surface area contributed by atoms with Crippen LogP contribution in [0.3, 0.4) is 0 Å². The van der Waals surface area contributed by atoms with Crippen LogP contribution in [-0.2, 0) is 34.0 Å². The van der Waals surface area contributed by atoms with Gasteiger partial charge in [0.1, 0.15) is 6.10 Å². The predicted octanol–water partition coefficient (Wildman–Crippen LogP) is 3.27. The number of alkyl halides is 9. The van der Waals surface area contributed by atoms with Crippen molar-refractivity contribution in [3.8, 4) is 0 Å². The van der Waals surface area contributed by atoms with E-state index >= 15 is 0 Å². The van der Waals surface area contributed by atoms with Crippen molar-refractivity contribution in [1.29, 1.82) is 0 Å². The maximum atomic E-state index is 13.6. The molecular formula is C15H18F9NO7S2. The third kappa shape index (κ3) is 6.34. The number of esters is 1. The molecule has 0 aromatic carbocycles. The molecule has 0 radical (unpaired) electrons. The van der Waals surface area contributed by atoms with Gasteiger partial charge in [-0.1, -0.05) is 10.7 Å². The van der Waals surface area contributed by atoms with Crippen LogP contribution in [0.5, 0.6) is 0 Å². The van der Waals surface area contributed by atoms with Crippen LogP contribution in [-0.4, -0.2) is 58.8 Å².